The molecule has 0 aromatic rings. The van der Waals surface area contributed by atoms with Crippen molar-refractivity contribution in [3.05, 3.63) is 0 Å². The zero-order chi connectivity index (χ0) is 7.84. The van der Waals surface area contributed by atoms with Crippen molar-refractivity contribution in [2.45, 2.75) is 31.9 Å². The number of halogens is 1. The standard InChI is InChI=1S/C9H16FN/c10-9(5-11)8-4-6-1-2-7(8)3-6/h6-9H,1-5,11H2. The third kappa shape index (κ3) is 1.18. The predicted molar refractivity (Wildman–Crippen MR) is 42.9 cm³/mol. The van der Waals surface area contributed by atoms with Crippen molar-refractivity contribution >= 4 is 0 Å². The first kappa shape index (κ1) is 7.53. The molecule has 11 heavy (non-hydrogen) atoms. The largest absolute Gasteiger partial charge is 0.328 e. The molecule has 2 fully saturated rings. The quantitative estimate of drug-likeness (QED) is 0.649. The fraction of sp³-hybridized carbons (Fsp3) is 1.00. The molecule has 0 heterocycles. The van der Waals surface area contributed by atoms with Crippen LogP contribution in [-0.4, -0.2) is 12.7 Å². The van der Waals surface area contributed by atoms with E-state index in [1.807, 2.05) is 0 Å². The van der Waals surface area contributed by atoms with Crippen LogP contribution in [0, 0.1) is 17.8 Å². The second-order valence-electron chi connectivity index (χ2n) is 4.09. The fourth-order valence-corrected chi connectivity index (χ4v) is 2.91. The van der Waals surface area contributed by atoms with Crippen LogP contribution in [-0.2, 0) is 0 Å². The van der Waals surface area contributed by atoms with Crippen LogP contribution in [0.2, 0.25) is 0 Å². The van der Waals surface area contributed by atoms with Gasteiger partial charge in [-0.1, -0.05) is 6.42 Å². The lowest BCUT2D eigenvalue weighted by atomic mass is 9.85. The molecule has 0 saturated heterocycles. The molecule has 2 rings (SSSR count). The van der Waals surface area contributed by atoms with Gasteiger partial charge in [0, 0.05) is 6.54 Å². The molecule has 1 nitrogen and oxygen atoms in total. The molecule has 0 spiro atoms. The summed E-state index contributed by atoms with van der Waals surface area (Å²) in [6, 6.07) is 0. The van der Waals surface area contributed by atoms with Gasteiger partial charge in [0.05, 0.1) is 0 Å². The van der Waals surface area contributed by atoms with Gasteiger partial charge in [0.1, 0.15) is 6.17 Å². The lowest BCUT2D eigenvalue weighted by Crippen LogP contribution is -2.28. The molecule has 2 saturated carbocycles. The molecule has 0 aromatic heterocycles. The van der Waals surface area contributed by atoms with Crippen LogP contribution in [0.5, 0.6) is 0 Å². The van der Waals surface area contributed by atoms with E-state index >= 15 is 0 Å². The summed E-state index contributed by atoms with van der Waals surface area (Å²) in [5.74, 6) is 1.84. The topological polar surface area (TPSA) is 26.0 Å². The van der Waals surface area contributed by atoms with Crippen molar-refractivity contribution in [3.8, 4) is 0 Å². The number of hydrogen-bond donors (Lipinski definition) is 1. The van der Waals surface area contributed by atoms with Gasteiger partial charge in [-0.25, -0.2) is 4.39 Å². The van der Waals surface area contributed by atoms with Crippen molar-refractivity contribution in [2.24, 2.45) is 23.5 Å². The summed E-state index contributed by atoms with van der Waals surface area (Å²) in [4.78, 5) is 0. The van der Waals surface area contributed by atoms with E-state index in [1.54, 1.807) is 0 Å². The highest BCUT2D eigenvalue weighted by Gasteiger charge is 2.42. The monoisotopic (exact) mass is 157 g/mol. The van der Waals surface area contributed by atoms with Crippen LogP contribution >= 0.6 is 0 Å². The first-order valence-corrected chi connectivity index (χ1v) is 4.65. The Hall–Kier alpha value is -0.110. The highest BCUT2D eigenvalue weighted by Crippen LogP contribution is 2.49. The third-order valence-corrected chi connectivity index (χ3v) is 3.48. The number of nitrogens with two attached hydrogens (primary N) is 1. The summed E-state index contributed by atoms with van der Waals surface area (Å²) < 4.78 is 13.2. The molecule has 2 aliphatic rings. The Morgan fingerprint density at radius 2 is 2.18 bits per heavy atom. The maximum absolute atomic E-state index is 13.2. The molecule has 0 radical (unpaired) electrons. The van der Waals surface area contributed by atoms with Crippen LogP contribution in [0.1, 0.15) is 25.7 Å². The highest BCUT2D eigenvalue weighted by atomic mass is 19.1. The minimum absolute atomic E-state index is 0.230. The van der Waals surface area contributed by atoms with Gasteiger partial charge in [0.25, 0.3) is 0 Å². The van der Waals surface area contributed by atoms with E-state index in [1.165, 1.54) is 19.3 Å². The second kappa shape index (κ2) is 2.74. The van der Waals surface area contributed by atoms with Crippen LogP contribution in [0.3, 0.4) is 0 Å². The van der Waals surface area contributed by atoms with E-state index in [0.717, 1.165) is 12.3 Å². The molecular formula is C9H16FN. The average Bonchev–Trinajstić information content (AvgIpc) is 2.62. The minimum Gasteiger partial charge on any atom is -0.328 e. The van der Waals surface area contributed by atoms with E-state index in [-0.39, 0.29) is 6.54 Å². The molecule has 0 amide bonds. The number of rotatable bonds is 2. The summed E-state index contributed by atoms with van der Waals surface area (Å²) in [7, 11) is 0. The zero-order valence-corrected chi connectivity index (χ0v) is 6.80. The van der Waals surface area contributed by atoms with Gasteiger partial charge in [0.15, 0.2) is 0 Å². The number of hydrogen-bond acceptors (Lipinski definition) is 1. The predicted octanol–water partition coefficient (Wildman–Crippen LogP) is 1.72. The normalized spacial score (nSPS) is 44.7. The Labute approximate surface area is 67.2 Å². The maximum Gasteiger partial charge on any atom is 0.115 e. The fourth-order valence-electron chi connectivity index (χ4n) is 2.91. The molecular weight excluding hydrogens is 141 g/mol. The first-order chi connectivity index (χ1) is 5.31. The molecule has 4 atom stereocenters. The summed E-state index contributed by atoms with van der Waals surface area (Å²) in [6.45, 7) is 0.230. The van der Waals surface area contributed by atoms with Crippen molar-refractivity contribution in [1.82, 2.24) is 0 Å². The molecule has 0 aromatic carbocycles. The van der Waals surface area contributed by atoms with Crippen molar-refractivity contribution in [2.75, 3.05) is 6.54 Å². The smallest absolute Gasteiger partial charge is 0.115 e. The van der Waals surface area contributed by atoms with Gasteiger partial charge in [-0.15, -0.1) is 0 Å². The average molecular weight is 157 g/mol. The maximum atomic E-state index is 13.2. The van der Waals surface area contributed by atoms with Gasteiger partial charge in [-0.05, 0) is 37.0 Å². The highest BCUT2D eigenvalue weighted by molar-refractivity contribution is 4.93. The summed E-state index contributed by atoms with van der Waals surface area (Å²) in [5.41, 5.74) is 5.31. The van der Waals surface area contributed by atoms with E-state index < -0.39 is 6.17 Å². The molecule has 2 bridgehead atoms. The number of fused-ring (bicyclic) bond motifs is 2. The molecule has 2 N–H and O–H groups in total. The lowest BCUT2D eigenvalue weighted by molar-refractivity contribution is 0.172. The van der Waals surface area contributed by atoms with Gasteiger partial charge in [-0.2, -0.15) is 0 Å². The van der Waals surface area contributed by atoms with Crippen molar-refractivity contribution in [1.29, 1.82) is 0 Å². The lowest BCUT2D eigenvalue weighted by Gasteiger charge is -2.23. The van der Waals surface area contributed by atoms with Crippen LogP contribution in [0.15, 0.2) is 0 Å². The van der Waals surface area contributed by atoms with Crippen molar-refractivity contribution in [3.63, 3.8) is 0 Å². The minimum atomic E-state index is -0.717. The van der Waals surface area contributed by atoms with Gasteiger partial charge >= 0.3 is 0 Å². The molecule has 0 aliphatic heterocycles. The van der Waals surface area contributed by atoms with E-state index in [9.17, 15) is 4.39 Å². The Morgan fingerprint density at radius 3 is 2.64 bits per heavy atom. The Morgan fingerprint density at radius 1 is 1.36 bits per heavy atom. The van der Waals surface area contributed by atoms with Crippen LogP contribution < -0.4 is 5.73 Å². The van der Waals surface area contributed by atoms with Gasteiger partial charge < -0.3 is 5.73 Å². The Bertz CT molecular complexity index is 148. The van der Waals surface area contributed by atoms with Crippen LogP contribution in [0.4, 0.5) is 4.39 Å². The molecule has 2 aliphatic carbocycles. The summed E-state index contributed by atoms with van der Waals surface area (Å²) >= 11 is 0. The Kier molecular flexibility index (Phi) is 1.88. The first-order valence-electron chi connectivity index (χ1n) is 4.65. The van der Waals surface area contributed by atoms with Crippen LogP contribution in [0.25, 0.3) is 0 Å². The third-order valence-electron chi connectivity index (χ3n) is 3.48. The molecule has 4 unspecified atom stereocenters. The summed E-state index contributed by atoms with van der Waals surface area (Å²) in [5, 5.41) is 0. The second-order valence-corrected chi connectivity index (χ2v) is 4.09. The Balaban J connectivity index is 1.96. The van der Waals surface area contributed by atoms with Gasteiger partial charge in [-0.3, -0.25) is 0 Å². The molecule has 2 heteroatoms. The summed E-state index contributed by atoms with van der Waals surface area (Å²) in [6.07, 6.45) is 4.28. The van der Waals surface area contributed by atoms with E-state index in [4.69, 9.17) is 5.73 Å². The molecule has 64 valence electrons. The SMILES string of the molecule is NCC(F)C1CC2CCC1C2. The van der Waals surface area contributed by atoms with Crippen molar-refractivity contribution < 1.29 is 4.39 Å². The zero-order valence-electron chi connectivity index (χ0n) is 6.80. The van der Waals surface area contributed by atoms with E-state index in [0.29, 0.717) is 11.8 Å². The van der Waals surface area contributed by atoms with E-state index in [2.05, 4.69) is 0 Å². The number of alkyl halides is 1. The van der Waals surface area contributed by atoms with Gasteiger partial charge in [0.2, 0.25) is 0 Å².